The van der Waals surface area contributed by atoms with Gasteiger partial charge < -0.3 is 9.15 Å². The number of hydrogen-bond acceptors (Lipinski definition) is 6. The Hall–Kier alpha value is -3.94. The van der Waals surface area contributed by atoms with E-state index < -0.39 is 5.85 Å². The number of nitrogens with one attached hydrogen (secondary N) is 1. The topological polar surface area (TPSA) is 67.1 Å². The van der Waals surface area contributed by atoms with Crippen molar-refractivity contribution >= 4 is 40.4 Å². The van der Waals surface area contributed by atoms with Gasteiger partial charge in [-0.2, -0.15) is 5.10 Å². The Morgan fingerprint density at radius 1 is 0.973 bits per heavy atom. The van der Waals surface area contributed by atoms with Crippen LogP contribution < -0.4 is 10.1 Å². The normalized spacial score (nSPS) is 23.0. The number of furan rings is 1. The van der Waals surface area contributed by atoms with Crippen LogP contribution in [0.2, 0.25) is 5.02 Å². The molecule has 0 saturated carbocycles. The number of hydrogen-bond donors (Lipinski definition) is 1. The first-order valence-corrected chi connectivity index (χ1v) is 13.1. The standard InChI is InChI=1S/C29H20ClN3O3S/c30-20-12-10-18(11-13-20)23-17-24-22-8-4-5-9-26(22)36-29(33(24)32-23)27(37-28(34)31-29)16-21-14-15-25(35-21)19-6-2-1-3-7-19/h1-16,24H,17H2,(H,31,34)/b27-16-. The van der Waals surface area contributed by atoms with Crippen molar-refractivity contribution in [2.45, 2.75) is 18.3 Å². The van der Waals surface area contributed by atoms with Crippen molar-refractivity contribution in [2.75, 3.05) is 0 Å². The Labute approximate surface area is 222 Å². The molecule has 1 N–H and O–H groups in total. The summed E-state index contributed by atoms with van der Waals surface area (Å²) in [4.78, 5) is 13.5. The number of nitrogens with zero attached hydrogens (tertiary/aromatic N) is 2. The van der Waals surface area contributed by atoms with Gasteiger partial charge in [-0.15, -0.1) is 0 Å². The van der Waals surface area contributed by atoms with Gasteiger partial charge in [-0.25, -0.2) is 5.01 Å². The van der Waals surface area contributed by atoms with E-state index in [9.17, 15) is 4.79 Å². The van der Waals surface area contributed by atoms with Crippen LogP contribution in [-0.2, 0) is 0 Å². The minimum Gasteiger partial charge on any atom is -0.457 e. The molecule has 37 heavy (non-hydrogen) atoms. The number of amides is 1. The zero-order valence-electron chi connectivity index (χ0n) is 19.4. The highest BCUT2D eigenvalue weighted by Crippen LogP contribution is 2.52. The predicted octanol–water partition coefficient (Wildman–Crippen LogP) is 7.29. The van der Waals surface area contributed by atoms with Crippen LogP contribution in [0.1, 0.15) is 29.3 Å². The Morgan fingerprint density at radius 3 is 2.59 bits per heavy atom. The molecule has 3 aliphatic heterocycles. The summed E-state index contributed by atoms with van der Waals surface area (Å²) in [5.74, 6) is 0.807. The summed E-state index contributed by atoms with van der Waals surface area (Å²) in [6.45, 7) is 0. The molecule has 3 aromatic carbocycles. The molecule has 1 amide bonds. The summed E-state index contributed by atoms with van der Waals surface area (Å²) >= 11 is 7.21. The fourth-order valence-corrected chi connectivity index (χ4v) is 6.01. The second kappa shape index (κ2) is 8.57. The van der Waals surface area contributed by atoms with Crippen LogP contribution in [0.5, 0.6) is 5.75 Å². The Bertz CT molecular complexity index is 1580. The fourth-order valence-electron chi connectivity index (χ4n) is 5.00. The van der Waals surface area contributed by atoms with E-state index in [0.29, 0.717) is 22.1 Å². The lowest BCUT2D eigenvalue weighted by Gasteiger charge is -2.44. The van der Waals surface area contributed by atoms with Crippen molar-refractivity contribution in [2.24, 2.45) is 5.10 Å². The number of carbonyl (C=O) groups is 1. The van der Waals surface area contributed by atoms with E-state index in [1.165, 1.54) is 0 Å². The van der Waals surface area contributed by atoms with Gasteiger partial charge in [0.1, 0.15) is 17.3 Å². The quantitative estimate of drug-likeness (QED) is 0.304. The molecule has 0 bridgehead atoms. The summed E-state index contributed by atoms with van der Waals surface area (Å²) in [5.41, 5.74) is 3.88. The molecule has 4 heterocycles. The van der Waals surface area contributed by atoms with Gasteiger partial charge in [0.05, 0.1) is 16.7 Å². The second-order valence-electron chi connectivity index (χ2n) is 8.99. The number of rotatable bonds is 3. The van der Waals surface area contributed by atoms with Crippen molar-refractivity contribution in [3.63, 3.8) is 0 Å². The van der Waals surface area contributed by atoms with Crippen LogP contribution in [0.15, 0.2) is 105 Å². The van der Waals surface area contributed by atoms with Crippen molar-refractivity contribution in [1.29, 1.82) is 0 Å². The van der Waals surface area contributed by atoms with Crippen molar-refractivity contribution < 1.29 is 13.9 Å². The smallest absolute Gasteiger partial charge is 0.314 e. The minimum absolute atomic E-state index is 0.116. The molecule has 182 valence electrons. The van der Waals surface area contributed by atoms with Crippen LogP contribution in [0.3, 0.4) is 0 Å². The van der Waals surface area contributed by atoms with E-state index in [2.05, 4.69) is 5.32 Å². The lowest BCUT2D eigenvalue weighted by molar-refractivity contribution is -0.0949. The molecular formula is C29H20ClN3O3S. The van der Waals surface area contributed by atoms with Gasteiger partial charge >= 0.3 is 5.85 Å². The third-order valence-electron chi connectivity index (χ3n) is 6.71. The number of benzene rings is 3. The SMILES string of the molecule is O=C1NC2(Oc3ccccc3C3CC(c4ccc(Cl)cc4)=NN32)/C(=C/c2ccc(-c3ccccc3)o2)S1. The third-order valence-corrected chi connectivity index (χ3v) is 7.87. The second-order valence-corrected chi connectivity index (χ2v) is 10.4. The summed E-state index contributed by atoms with van der Waals surface area (Å²) in [5, 5.41) is 10.4. The first-order chi connectivity index (χ1) is 18.1. The highest BCUT2D eigenvalue weighted by atomic mass is 35.5. The minimum atomic E-state index is -1.28. The van der Waals surface area contributed by atoms with Crippen LogP contribution in [0.25, 0.3) is 17.4 Å². The number of halogens is 1. The maximum Gasteiger partial charge on any atom is 0.314 e. The molecule has 7 rings (SSSR count). The summed E-state index contributed by atoms with van der Waals surface area (Å²) in [6.07, 6.45) is 2.52. The Balaban J connectivity index is 1.33. The number of ether oxygens (including phenoxy) is 1. The molecule has 1 fully saturated rings. The summed E-state index contributed by atoms with van der Waals surface area (Å²) in [7, 11) is 0. The van der Waals surface area contributed by atoms with Gasteiger partial charge in [0.15, 0.2) is 0 Å². The third kappa shape index (κ3) is 3.74. The van der Waals surface area contributed by atoms with Crippen LogP contribution in [-0.4, -0.2) is 21.8 Å². The lowest BCUT2D eigenvalue weighted by Crippen LogP contribution is -2.61. The molecule has 3 aliphatic rings. The largest absolute Gasteiger partial charge is 0.457 e. The molecule has 0 radical (unpaired) electrons. The van der Waals surface area contributed by atoms with Crippen molar-refractivity contribution in [3.8, 4) is 17.1 Å². The number of fused-ring (bicyclic) bond motifs is 4. The van der Waals surface area contributed by atoms with Gasteiger partial charge in [-0.3, -0.25) is 10.1 Å². The first kappa shape index (κ1) is 22.3. The molecule has 6 nitrogen and oxygen atoms in total. The van der Waals surface area contributed by atoms with Crippen LogP contribution in [0, 0.1) is 0 Å². The van der Waals surface area contributed by atoms with Crippen LogP contribution in [0.4, 0.5) is 4.79 Å². The molecule has 2 atom stereocenters. The van der Waals surface area contributed by atoms with E-state index in [4.69, 9.17) is 25.9 Å². The fraction of sp³-hybridized carbons (Fsp3) is 0.103. The summed E-state index contributed by atoms with van der Waals surface area (Å²) in [6, 6.07) is 29.2. The van der Waals surface area contributed by atoms with Gasteiger partial charge in [0, 0.05) is 22.6 Å². The molecular weight excluding hydrogens is 506 g/mol. The number of para-hydroxylation sites is 1. The molecule has 2 unspecified atom stereocenters. The van der Waals surface area contributed by atoms with E-state index >= 15 is 0 Å². The van der Waals surface area contributed by atoms with E-state index in [1.54, 1.807) is 0 Å². The molecule has 0 aliphatic carbocycles. The monoisotopic (exact) mass is 525 g/mol. The zero-order chi connectivity index (χ0) is 25.0. The number of hydrazone groups is 1. The molecule has 8 heteroatoms. The molecule has 1 aromatic heterocycles. The van der Waals surface area contributed by atoms with Gasteiger partial charge in [-0.05, 0) is 53.7 Å². The highest BCUT2D eigenvalue weighted by molar-refractivity contribution is 8.17. The molecule has 4 aromatic rings. The van der Waals surface area contributed by atoms with E-state index in [-0.39, 0.29) is 11.3 Å². The van der Waals surface area contributed by atoms with E-state index in [0.717, 1.165) is 45.7 Å². The van der Waals surface area contributed by atoms with Gasteiger partial charge in [0.25, 0.3) is 5.24 Å². The first-order valence-electron chi connectivity index (χ1n) is 11.9. The van der Waals surface area contributed by atoms with Crippen molar-refractivity contribution in [3.05, 3.63) is 118 Å². The van der Waals surface area contributed by atoms with Gasteiger partial charge in [-0.1, -0.05) is 72.3 Å². The Morgan fingerprint density at radius 2 is 1.76 bits per heavy atom. The number of thioether (sulfide) groups is 1. The number of carbonyl (C=O) groups excluding carboxylic acids is 1. The van der Waals surface area contributed by atoms with E-state index in [1.807, 2.05) is 102 Å². The Kier molecular flexibility index (Phi) is 5.16. The van der Waals surface area contributed by atoms with Gasteiger partial charge in [0.2, 0.25) is 0 Å². The summed E-state index contributed by atoms with van der Waals surface area (Å²) < 4.78 is 12.7. The maximum absolute atomic E-state index is 12.8. The van der Waals surface area contributed by atoms with Crippen LogP contribution >= 0.6 is 23.4 Å². The average molecular weight is 526 g/mol. The highest BCUT2D eigenvalue weighted by Gasteiger charge is 2.58. The average Bonchev–Trinajstić information content (AvgIpc) is 3.64. The lowest BCUT2D eigenvalue weighted by atomic mass is 9.96. The molecule has 1 saturated heterocycles. The zero-order valence-corrected chi connectivity index (χ0v) is 21.0. The maximum atomic E-state index is 12.8. The predicted molar refractivity (Wildman–Crippen MR) is 145 cm³/mol. The molecule has 1 spiro atoms. The van der Waals surface area contributed by atoms with Crippen molar-refractivity contribution in [1.82, 2.24) is 10.3 Å².